The van der Waals surface area contributed by atoms with E-state index in [1.165, 1.54) is 0 Å². The third-order valence-corrected chi connectivity index (χ3v) is 11.2. The average Bonchev–Trinajstić information content (AvgIpc) is 3.83. The molecule has 0 radical (unpaired) electrons. The Balaban J connectivity index is 1.12. The monoisotopic (exact) mass is 768 g/mol. The number of fused-ring (bicyclic) bond motifs is 7. The fraction of sp³-hybridized carbons (Fsp3) is 0. The van der Waals surface area contributed by atoms with E-state index in [1.54, 1.807) is 0 Å². The van der Waals surface area contributed by atoms with Crippen molar-refractivity contribution in [2.75, 3.05) is 0 Å². The van der Waals surface area contributed by atoms with Crippen LogP contribution in [-0.2, 0) is 0 Å². The van der Waals surface area contributed by atoms with Crippen LogP contribution in [0.25, 0.3) is 112 Å². The average molecular weight is 769 g/mol. The van der Waals surface area contributed by atoms with E-state index in [0.29, 0.717) is 35.2 Å². The number of aromatic nitrogens is 8. The second-order valence-corrected chi connectivity index (χ2v) is 14.8. The topological polar surface area (TPSA) is 87.2 Å². The molecule has 0 aliphatic rings. The number of nitrogens with zero attached hydrogens (tertiary/aromatic N) is 8. The zero-order valence-electron chi connectivity index (χ0n) is 32.1. The first-order chi connectivity index (χ1) is 29.7. The zero-order chi connectivity index (χ0) is 39.6. The molecule has 0 amide bonds. The van der Waals surface area contributed by atoms with Crippen LogP contribution in [0.4, 0.5) is 0 Å². The SMILES string of the molecule is c1ccc(-c2nc(-c3ccc4c(c3)c3cc5ccccc5cc3n4-c3nc(-c4ccccc4)nc(-c4ccccc4)n3)nc(-n3c4ccccc4c4ccccc43)n2)cc1. The summed E-state index contributed by atoms with van der Waals surface area (Å²) in [6.45, 7) is 0. The summed E-state index contributed by atoms with van der Waals surface area (Å²) < 4.78 is 4.31. The van der Waals surface area contributed by atoms with Crippen molar-refractivity contribution in [3.05, 3.63) is 194 Å². The summed E-state index contributed by atoms with van der Waals surface area (Å²) in [7, 11) is 0. The molecule has 12 aromatic rings. The van der Waals surface area contributed by atoms with Gasteiger partial charge in [-0.05, 0) is 53.2 Å². The molecule has 0 aliphatic carbocycles. The number of para-hydroxylation sites is 2. The van der Waals surface area contributed by atoms with Gasteiger partial charge in [0.25, 0.3) is 0 Å². The van der Waals surface area contributed by atoms with Crippen molar-refractivity contribution in [1.29, 1.82) is 0 Å². The van der Waals surface area contributed by atoms with Crippen molar-refractivity contribution >= 4 is 54.4 Å². The van der Waals surface area contributed by atoms with Crippen LogP contribution in [0.1, 0.15) is 0 Å². The molecule has 8 heteroatoms. The van der Waals surface area contributed by atoms with E-state index in [4.69, 9.17) is 29.9 Å². The first kappa shape index (κ1) is 33.7. The van der Waals surface area contributed by atoms with Gasteiger partial charge in [-0.15, -0.1) is 0 Å². The maximum atomic E-state index is 5.27. The predicted octanol–water partition coefficient (Wildman–Crippen LogP) is 12.1. The van der Waals surface area contributed by atoms with E-state index in [0.717, 1.165) is 76.6 Å². The van der Waals surface area contributed by atoms with E-state index < -0.39 is 0 Å². The highest BCUT2D eigenvalue weighted by Gasteiger charge is 2.21. The fourth-order valence-corrected chi connectivity index (χ4v) is 8.41. The summed E-state index contributed by atoms with van der Waals surface area (Å²) in [5.41, 5.74) is 7.59. The maximum Gasteiger partial charge on any atom is 0.238 e. The van der Waals surface area contributed by atoms with E-state index >= 15 is 0 Å². The molecule has 0 fully saturated rings. The minimum atomic E-state index is 0.533. The Morgan fingerprint density at radius 2 is 0.633 bits per heavy atom. The first-order valence-corrected chi connectivity index (χ1v) is 19.9. The minimum Gasteiger partial charge on any atom is -0.278 e. The van der Waals surface area contributed by atoms with Crippen LogP contribution < -0.4 is 0 Å². The second-order valence-electron chi connectivity index (χ2n) is 14.8. The Bertz CT molecular complexity index is 3490. The van der Waals surface area contributed by atoms with Gasteiger partial charge in [0.15, 0.2) is 23.3 Å². The van der Waals surface area contributed by atoms with Gasteiger partial charge in [0.2, 0.25) is 11.9 Å². The lowest BCUT2D eigenvalue weighted by Gasteiger charge is -2.12. The second kappa shape index (κ2) is 13.6. The van der Waals surface area contributed by atoms with Crippen molar-refractivity contribution in [1.82, 2.24) is 39.0 Å². The summed E-state index contributed by atoms with van der Waals surface area (Å²) in [6.07, 6.45) is 0. The van der Waals surface area contributed by atoms with Gasteiger partial charge in [-0.3, -0.25) is 9.13 Å². The van der Waals surface area contributed by atoms with Crippen LogP contribution in [0.5, 0.6) is 0 Å². The molecule has 4 aromatic heterocycles. The van der Waals surface area contributed by atoms with Gasteiger partial charge in [0.05, 0.1) is 22.1 Å². The highest BCUT2D eigenvalue weighted by atomic mass is 15.2. The molecule has 0 bridgehead atoms. The van der Waals surface area contributed by atoms with E-state index in [1.807, 2.05) is 91.0 Å². The molecule has 0 saturated carbocycles. The molecule has 12 rings (SSSR count). The van der Waals surface area contributed by atoms with Gasteiger partial charge in [-0.1, -0.05) is 152 Å². The standard InChI is InChI=1S/C52H32N8/c1-4-16-33(17-5-1)47-53-48(34-18-6-2-7-19-34)57-52(56-47)60-45-29-28-38(31-41(45)42-30-36-22-10-11-23-37(36)32-46(42)60)50-54-49(35-20-8-3-9-21-35)55-51(58-50)59-43-26-14-12-24-39(43)40-25-13-15-27-44(40)59/h1-32H. The summed E-state index contributed by atoms with van der Waals surface area (Å²) >= 11 is 0. The smallest absolute Gasteiger partial charge is 0.238 e. The minimum absolute atomic E-state index is 0.533. The van der Waals surface area contributed by atoms with Crippen molar-refractivity contribution in [3.8, 4) is 57.4 Å². The third kappa shape index (κ3) is 5.54. The van der Waals surface area contributed by atoms with Crippen molar-refractivity contribution < 1.29 is 0 Å². The largest absolute Gasteiger partial charge is 0.278 e. The molecule has 0 unspecified atom stereocenters. The number of rotatable bonds is 6. The quantitative estimate of drug-likeness (QED) is 0.167. The molecule has 280 valence electrons. The van der Waals surface area contributed by atoms with Crippen LogP contribution in [0, 0.1) is 0 Å². The maximum absolute atomic E-state index is 5.27. The van der Waals surface area contributed by atoms with Crippen LogP contribution in [0.2, 0.25) is 0 Å². The molecule has 60 heavy (non-hydrogen) atoms. The van der Waals surface area contributed by atoms with E-state index in [-0.39, 0.29) is 0 Å². The predicted molar refractivity (Wildman–Crippen MR) is 241 cm³/mol. The van der Waals surface area contributed by atoms with Crippen molar-refractivity contribution in [3.63, 3.8) is 0 Å². The molecule has 0 spiro atoms. The Kier molecular flexibility index (Phi) is 7.67. The van der Waals surface area contributed by atoms with Gasteiger partial charge >= 0.3 is 0 Å². The van der Waals surface area contributed by atoms with Crippen LogP contribution in [-0.4, -0.2) is 39.0 Å². The van der Waals surface area contributed by atoms with Crippen LogP contribution >= 0.6 is 0 Å². The van der Waals surface area contributed by atoms with Crippen molar-refractivity contribution in [2.45, 2.75) is 0 Å². The lowest BCUT2D eigenvalue weighted by atomic mass is 10.0. The van der Waals surface area contributed by atoms with Gasteiger partial charge in [0, 0.05) is 43.8 Å². The van der Waals surface area contributed by atoms with Gasteiger partial charge in [0.1, 0.15) is 0 Å². The zero-order valence-corrected chi connectivity index (χ0v) is 32.1. The highest BCUT2D eigenvalue weighted by Crippen LogP contribution is 2.38. The van der Waals surface area contributed by atoms with E-state index in [2.05, 4.69) is 112 Å². The molecule has 0 atom stereocenters. The van der Waals surface area contributed by atoms with Crippen LogP contribution in [0.15, 0.2) is 194 Å². The molecule has 0 N–H and O–H groups in total. The van der Waals surface area contributed by atoms with Crippen molar-refractivity contribution in [2.24, 2.45) is 0 Å². The molecule has 8 nitrogen and oxygen atoms in total. The fourth-order valence-electron chi connectivity index (χ4n) is 8.41. The number of hydrogen-bond acceptors (Lipinski definition) is 6. The highest BCUT2D eigenvalue weighted by molar-refractivity contribution is 6.14. The van der Waals surface area contributed by atoms with E-state index in [9.17, 15) is 0 Å². The number of hydrogen-bond donors (Lipinski definition) is 0. The van der Waals surface area contributed by atoms with Crippen LogP contribution in [0.3, 0.4) is 0 Å². The van der Waals surface area contributed by atoms with Gasteiger partial charge < -0.3 is 0 Å². The first-order valence-electron chi connectivity index (χ1n) is 19.9. The molecule has 8 aromatic carbocycles. The normalized spacial score (nSPS) is 11.7. The molecule has 0 saturated heterocycles. The Labute approximate surface area is 343 Å². The van der Waals surface area contributed by atoms with Gasteiger partial charge in [-0.2, -0.15) is 19.9 Å². The number of benzene rings is 8. The Morgan fingerprint density at radius 3 is 1.15 bits per heavy atom. The molecule has 4 heterocycles. The summed E-state index contributed by atoms with van der Waals surface area (Å²) in [5.74, 6) is 3.45. The Morgan fingerprint density at radius 1 is 0.250 bits per heavy atom. The molecular weight excluding hydrogens is 737 g/mol. The lowest BCUT2D eigenvalue weighted by molar-refractivity contribution is 0.952. The molecule has 0 aliphatic heterocycles. The Hall–Kier alpha value is -8.36. The summed E-state index contributed by atoms with van der Waals surface area (Å²) in [6, 6.07) is 66.5. The summed E-state index contributed by atoms with van der Waals surface area (Å²) in [4.78, 5) is 30.9. The van der Waals surface area contributed by atoms with Gasteiger partial charge in [-0.25, -0.2) is 9.97 Å². The third-order valence-electron chi connectivity index (χ3n) is 11.2. The lowest BCUT2D eigenvalue weighted by Crippen LogP contribution is -2.07. The molecular formula is C52H32N8. The summed E-state index contributed by atoms with van der Waals surface area (Å²) in [5, 5.41) is 6.63.